The van der Waals surface area contributed by atoms with Gasteiger partial charge in [0.1, 0.15) is 5.75 Å². The van der Waals surface area contributed by atoms with Crippen LogP contribution < -0.4 is 15.4 Å². The van der Waals surface area contributed by atoms with Crippen LogP contribution in [-0.4, -0.2) is 24.2 Å². The average Bonchev–Trinajstić information content (AvgIpc) is 2.46. The monoisotopic (exact) mass is 384 g/mol. The number of amides is 1. The van der Waals surface area contributed by atoms with E-state index < -0.39 is 0 Å². The van der Waals surface area contributed by atoms with Crippen molar-refractivity contribution in [3.8, 4) is 5.75 Å². The van der Waals surface area contributed by atoms with Crippen LogP contribution in [0.1, 0.15) is 30.6 Å². The van der Waals surface area contributed by atoms with E-state index in [1.165, 1.54) is 0 Å². The molecule has 0 spiro atoms. The molecule has 0 bridgehead atoms. The van der Waals surface area contributed by atoms with Crippen molar-refractivity contribution in [2.24, 2.45) is 5.92 Å². The highest BCUT2D eigenvalue weighted by Gasteiger charge is 2.14. The van der Waals surface area contributed by atoms with Gasteiger partial charge in [-0.2, -0.15) is 0 Å². The number of carbonyl (C=O) groups is 1. The molecule has 4 nitrogen and oxygen atoms in total. The Morgan fingerprint density at radius 1 is 1.50 bits per heavy atom. The maximum absolute atomic E-state index is 12.3. The van der Waals surface area contributed by atoms with Crippen molar-refractivity contribution in [1.29, 1.82) is 0 Å². The van der Waals surface area contributed by atoms with Crippen LogP contribution in [0.2, 0.25) is 0 Å². The molecule has 0 unspecified atom stereocenters. The van der Waals surface area contributed by atoms with Gasteiger partial charge in [0.15, 0.2) is 5.11 Å². The molecule has 120 valence electrons. The van der Waals surface area contributed by atoms with Crippen LogP contribution in [0.5, 0.6) is 5.75 Å². The quantitative estimate of drug-likeness (QED) is 0.556. The summed E-state index contributed by atoms with van der Waals surface area (Å²) < 4.78 is 6.53. The Labute approximate surface area is 145 Å². The summed E-state index contributed by atoms with van der Waals surface area (Å²) in [6, 6.07) is 5.34. The van der Waals surface area contributed by atoms with Crippen molar-refractivity contribution in [3.05, 3.63) is 40.9 Å². The number of thiocarbonyl (C=S) groups is 1. The molecule has 0 aliphatic carbocycles. The summed E-state index contributed by atoms with van der Waals surface area (Å²) in [6.07, 6.45) is 2.59. The maximum atomic E-state index is 12.3. The first-order chi connectivity index (χ1) is 10.4. The molecule has 1 amide bonds. The third-order valence-corrected chi connectivity index (χ3v) is 3.51. The summed E-state index contributed by atoms with van der Waals surface area (Å²) in [7, 11) is 0. The predicted octanol–water partition coefficient (Wildman–Crippen LogP) is 3.66. The van der Waals surface area contributed by atoms with Gasteiger partial charge in [0, 0.05) is 11.0 Å². The normalized spacial score (nSPS) is 10.2. The van der Waals surface area contributed by atoms with E-state index in [4.69, 9.17) is 17.0 Å². The molecular formula is C16H21BrN2O2S. The molecule has 0 atom stereocenters. The van der Waals surface area contributed by atoms with Crippen LogP contribution in [0, 0.1) is 5.92 Å². The van der Waals surface area contributed by atoms with E-state index in [0.717, 1.165) is 10.9 Å². The molecule has 0 heterocycles. The van der Waals surface area contributed by atoms with Crippen molar-refractivity contribution in [2.75, 3.05) is 13.2 Å². The fraction of sp³-hybridized carbons (Fsp3) is 0.375. The first kappa shape index (κ1) is 18.6. The highest BCUT2D eigenvalue weighted by Crippen LogP contribution is 2.23. The SMILES string of the molecule is C=CCNC(=S)NC(=O)c1cc(Br)ccc1OCCC(C)C. The number of hydrogen-bond acceptors (Lipinski definition) is 3. The molecule has 1 aromatic carbocycles. The topological polar surface area (TPSA) is 50.4 Å². The molecule has 22 heavy (non-hydrogen) atoms. The minimum absolute atomic E-state index is 0.262. The summed E-state index contributed by atoms with van der Waals surface area (Å²) in [4.78, 5) is 12.3. The van der Waals surface area contributed by atoms with E-state index in [2.05, 4.69) is 47.0 Å². The standard InChI is InChI=1S/C16H21BrN2O2S/c1-4-8-18-16(22)19-15(20)13-10-12(17)5-6-14(13)21-9-7-11(2)3/h4-6,10-11H,1,7-9H2,2-3H3,(H2,18,19,20,22). The molecule has 0 aliphatic heterocycles. The molecule has 0 saturated carbocycles. The largest absolute Gasteiger partial charge is 0.493 e. The van der Waals surface area contributed by atoms with E-state index in [1.807, 2.05) is 6.07 Å². The maximum Gasteiger partial charge on any atom is 0.261 e. The van der Waals surface area contributed by atoms with Crippen molar-refractivity contribution in [1.82, 2.24) is 10.6 Å². The van der Waals surface area contributed by atoms with Gasteiger partial charge in [0.05, 0.1) is 12.2 Å². The Balaban J connectivity index is 2.77. The van der Waals surface area contributed by atoms with Gasteiger partial charge >= 0.3 is 0 Å². The highest BCUT2D eigenvalue weighted by atomic mass is 79.9. The van der Waals surface area contributed by atoms with Crippen LogP contribution in [0.15, 0.2) is 35.3 Å². The fourth-order valence-electron chi connectivity index (χ4n) is 1.59. The number of benzene rings is 1. The number of hydrogen-bond donors (Lipinski definition) is 2. The molecule has 0 radical (unpaired) electrons. The van der Waals surface area contributed by atoms with E-state index in [1.54, 1.807) is 18.2 Å². The van der Waals surface area contributed by atoms with Gasteiger partial charge in [-0.15, -0.1) is 6.58 Å². The Morgan fingerprint density at radius 2 is 2.23 bits per heavy atom. The van der Waals surface area contributed by atoms with Crippen molar-refractivity contribution >= 4 is 39.2 Å². The van der Waals surface area contributed by atoms with Crippen LogP contribution in [0.25, 0.3) is 0 Å². The number of ether oxygens (including phenoxy) is 1. The van der Waals surface area contributed by atoms with Crippen LogP contribution >= 0.6 is 28.1 Å². The fourth-order valence-corrected chi connectivity index (χ4v) is 2.13. The number of carbonyl (C=O) groups excluding carboxylic acids is 1. The Morgan fingerprint density at radius 3 is 2.86 bits per heavy atom. The third-order valence-electron chi connectivity index (χ3n) is 2.77. The Bertz CT molecular complexity index is 547. The number of nitrogens with one attached hydrogen (secondary N) is 2. The van der Waals surface area contributed by atoms with Crippen molar-refractivity contribution in [2.45, 2.75) is 20.3 Å². The molecule has 2 N–H and O–H groups in total. The van der Waals surface area contributed by atoms with Crippen LogP contribution in [0.4, 0.5) is 0 Å². The van der Waals surface area contributed by atoms with Crippen LogP contribution in [-0.2, 0) is 0 Å². The predicted molar refractivity (Wildman–Crippen MR) is 97.4 cm³/mol. The van der Waals surface area contributed by atoms with Crippen molar-refractivity contribution < 1.29 is 9.53 Å². The minimum atomic E-state index is -0.303. The van der Waals surface area contributed by atoms with Gasteiger partial charge in [-0.3, -0.25) is 10.1 Å². The number of halogens is 1. The molecule has 1 rings (SSSR count). The van der Waals surface area contributed by atoms with E-state index in [0.29, 0.717) is 30.4 Å². The summed E-state index contributed by atoms with van der Waals surface area (Å²) >= 11 is 8.42. The Hall–Kier alpha value is -1.40. The van der Waals surface area contributed by atoms with E-state index in [9.17, 15) is 4.79 Å². The van der Waals surface area contributed by atoms with E-state index >= 15 is 0 Å². The molecule has 0 fully saturated rings. The second-order valence-electron chi connectivity index (χ2n) is 5.12. The highest BCUT2D eigenvalue weighted by molar-refractivity contribution is 9.10. The molecule has 1 aromatic rings. The zero-order valence-corrected chi connectivity index (χ0v) is 15.2. The second-order valence-corrected chi connectivity index (χ2v) is 6.45. The molecule has 6 heteroatoms. The van der Waals surface area contributed by atoms with Crippen LogP contribution in [0.3, 0.4) is 0 Å². The summed E-state index contributed by atoms with van der Waals surface area (Å²) in [5.41, 5.74) is 0.445. The van der Waals surface area contributed by atoms with E-state index in [-0.39, 0.29) is 11.0 Å². The second kappa shape index (κ2) is 9.58. The zero-order valence-electron chi connectivity index (χ0n) is 12.8. The van der Waals surface area contributed by atoms with Gasteiger partial charge in [-0.25, -0.2) is 0 Å². The summed E-state index contributed by atoms with van der Waals surface area (Å²) in [5.74, 6) is 0.790. The smallest absolute Gasteiger partial charge is 0.261 e. The lowest BCUT2D eigenvalue weighted by Gasteiger charge is -2.13. The first-order valence-electron chi connectivity index (χ1n) is 7.06. The van der Waals surface area contributed by atoms with Gasteiger partial charge in [0.25, 0.3) is 5.91 Å². The lowest BCUT2D eigenvalue weighted by atomic mass is 10.1. The lowest BCUT2D eigenvalue weighted by Crippen LogP contribution is -2.39. The molecule has 0 saturated heterocycles. The first-order valence-corrected chi connectivity index (χ1v) is 8.26. The molecule has 0 aliphatic rings. The number of rotatable bonds is 7. The van der Waals surface area contributed by atoms with Gasteiger partial charge in [0.2, 0.25) is 0 Å². The van der Waals surface area contributed by atoms with Gasteiger partial charge < -0.3 is 10.1 Å². The Kier molecular flexibility index (Phi) is 8.12. The molecular weight excluding hydrogens is 364 g/mol. The zero-order chi connectivity index (χ0) is 16.5. The minimum Gasteiger partial charge on any atom is -0.493 e. The van der Waals surface area contributed by atoms with Crippen molar-refractivity contribution in [3.63, 3.8) is 0 Å². The lowest BCUT2D eigenvalue weighted by molar-refractivity contribution is 0.0972. The summed E-state index contributed by atoms with van der Waals surface area (Å²) in [6.45, 7) is 8.90. The molecule has 0 aromatic heterocycles. The van der Waals surface area contributed by atoms with Gasteiger partial charge in [-0.05, 0) is 42.8 Å². The third kappa shape index (κ3) is 6.58. The summed E-state index contributed by atoms with van der Waals surface area (Å²) in [5, 5.41) is 5.75. The van der Waals surface area contributed by atoms with Gasteiger partial charge in [-0.1, -0.05) is 35.9 Å². The average molecular weight is 385 g/mol.